The molecule has 0 aliphatic heterocycles. The number of aliphatic hydroxyl groups is 1. The van der Waals surface area contributed by atoms with E-state index in [-0.39, 0.29) is 17.4 Å². The van der Waals surface area contributed by atoms with Crippen molar-refractivity contribution in [3.05, 3.63) is 24.5 Å². The molecule has 3 heteroatoms. The first-order valence-corrected chi connectivity index (χ1v) is 4.84. The standard InChI is InChI=1S/C11H16N2O/c1-4-13-6-9(5-12-13)11(8-14)7-10(11,2)3/h4-6,14H,1,7-8H2,2-3H3. The van der Waals surface area contributed by atoms with Gasteiger partial charge in [-0.1, -0.05) is 20.4 Å². The van der Waals surface area contributed by atoms with Crippen LogP contribution in [0.4, 0.5) is 0 Å². The molecule has 1 fully saturated rings. The minimum atomic E-state index is -0.0751. The third kappa shape index (κ3) is 1.05. The quantitative estimate of drug-likeness (QED) is 0.790. The van der Waals surface area contributed by atoms with Gasteiger partial charge in [-0.2, -0.15) is 5.10 Å². The van der Waals surface area contributed by atoms with E-state index in [4.69, 9.17) is 0 Å². The SMILES string of the molecule is C=Cn1cc(C2(CO)CC2(C)C)cn1. The molecular formula is C11H16N2O. The zero-order valence-corrected chi connectivity index (χ0v) is 8.70. The van der Waals surface area contributed by atoms with Crippen molar-refractivity contribution in [2.24, 2.45) is 5.41 Å². The lowest BCUT2D eigenvalue weighted by Gasteiger charge is -2.15. The van der Waals surface area contributed by atoms with E-state index in [0.717, 1.165) is 12.0 Å². The average Bonchev–Trinajstić information content (AvgIpc) is 2.57. The fourth-order valence-electron chi connectivity index (χ4n) is 2.25. The molecule has 0 bridgehead atoms. The smallest absolute Gasteiger partial charge is 0.0534 e. The van der Waals surface area contributed by atoms with Crippen LogP contribution in [0.25, 0.3) is 6.20 Å². The fraction of sp³-hybridized carbons (Fsp3) is 0.545. The normalized spacial score (nSPS) is 28.8. The highest BCUT2D eigenvalue weighted by atomic mass is 16.3. The Morgan fingerprint density at radius 2 is 2.36 bits per heavy atom. The second kappa shape index (κ2) is 2.70. The first kappa shape index (κ1) is 9.46. The molecule has 1 unspecified atom stereocenters. The molecule has 1 saturated carbocycles. The molecule has 1 atom stereocenters. The number of rotatable bonds is 3. The second-order valence-electron chi connectivity index (χ2n) is 4.69. The summed E-state index contributed by atoms with van der Waals surface area (Å²) in [7, 11) is 0. The van der Waals surface area contributed by atoms with E-state index in [0.29, 0.717) is 0 Å². The van der Waals surface area contributed by atoms with Crippen LogP contribution in [0.1, 0.15) is 25.8 Å². The Morgan fingerprint density at radius 3 is 2.71 bits per heavy atom. The largest absolute Gasteiger partial charge is 0.395 e. The van der Waals surface area contributed by atoms with E-state index in [1.165, 1.54) is 0 Å². The summed E-state index contributed by atoms with van der Waals surface area (Å²) in [5, 5.41) is 13.6. The van der Waals surface area contributed by atoms with Gasteiger partial charge in [0.1, 0.15) is 0 Å². The molecule has 0 aromatic carbocycles. The Hall–Kier alpha value is -1.09. The fourth-order valence-corrected chi connectivity index (χ4v) is 2.25. The number of hydrogen-bond donors (Lipinski definition) is 1. The molecular weight excluding hydrogens is 176 g/mol. The Morgan fingerprint density at radius 1 is 1.71 bits per heavy atom. The van der Waals surface area contributed by atoms with Gasteiger partial charge in [-0.3, -0.25) is 0 Å². The van der Waals surface area contributed by atoms with Crippen molar-refractivity contribution in [3.8, 4) is 0 Å². The summed E-state index contributed by atoms with van der Waals surface area (Å²) >= 11 is 0. The first-order valence-electron chi connectivity index (χ1n) is 4.84. The van der Waals surface area contributed by atoms with Crippen molar-refractivity contribution in [2.75, 3.05) is 6.61 Å². The van der Waals surface area contributed by atoms with Crippen LogP contribution < -0.4 is 0 Å². The highest BCUT2D eigenvalue weighted by molar-refractivity contribution is 5.35. The lowest BCUT2D eigenvalue weighted by molar-refractivity contribution is 0.231. The minimum absolute atomic E-state index is 0.0751. The molecule has 1 aliphatic rings. The Kier molecular flexibility index (Phi) is 1.83. The maximum atomic E-state index is 9.46. The van der Waals surface area contributed by atoms with Gasteiger partial charge in [0, 0.05) is 17.8 Å². The van der Waals surface area contributed by atoms with E-state index in [1.54, 1.807) is 10.9 Å². The van der Waals surface area contributed by atoms with Crippen molar-refractivity contribution >= 4 is 6.20 Å². The van der Waals surface area contributed by atoms with Crippen molar-refractivity contribution in [2.45, 2.75) is 25.7 Å². The van der Waals surface area contributed by atoms with Crippen LogP contribution in [0.15, 0.2) is 19.0 Å². The van der Waals surface area contributed by atoms with E-state index in [2.05, 4.69) is 25.5 Å². The van der Waals surface area contributed by atoms with Crippen LogP contribution in [0.2, 0.25) is 0 Å². The topological polar surface area (TPSA) is 38.0 Å². The van der Waals surface area contributed by atoms with Gasteiger partial charge in [-0.15, -0.1) is 0 Å². The molecule has 1 aromatic heterocycles. The number of aliphatic hydroxyl groups excluding tert-OH is 1. The highest BCUT2D eigenvalue weighted by Crippen LogP contribution is 2.63. The molecule has 3 nitrogen and oxygen atoms in total. The van der Waals surface area contributed by atoms with Gasteiger partial charge in [0.2, 0.25) is 0 Å². The molecule has 0 spiro atoms. The van der Waals surface area contributed by atoms with Crippen LogP contribution in [0, 0.1) is 5.41 Å². The van der Waals surface area contributed by atoms with Crippen LogP contribution in [0.5, 0.6) is 0 Å². The average molecular weight is 192 g/mol. The van der Waals surface area contributed by atoms with Crippen molar-refractivity contribution < 1.29 is 5.11 Å². The predicted octanol–water partition coefficient (Wildman–Crippen LogP) is 1.64. The number of hydrogen-bond acceptors (Lipinski definition) is 2. The van der Waals surface area contributed by atoms with Gasteiger partial charge < -0.3 is 5.11 Å². The van der Waals surface area contributed by atoms with Gasteiger partial charge in [-0.05, 0) is 17.4 Å². The predicted molar refractivity (Wildman–Crippen MR) is 55.8 cm³/mol. The molecule has 1 N–H and O–H groups in total. The monoisotopic (exact) mass is 192 g/mol. The van der Waals surface area contributed by atoms with Crippen LogP contribution in [0.3, 0.4) is 0 Å². The van der Waals surface area contributed by atoms with Gasteiger partial charge in [0.25, 0.3) is 0 Å². The summed E-state index contributed by atoms with van der Waals surface area (Å²) in [6, 6.07) is 0. The molecule has 2 rings (SSSR count). The molecule has 1 aromatic rings. The third-order valence-corrected chi connectivity index (χ3v) is 3.53. The summed E-state index contributed by atoms with van der Waals surface area (Å²) in [5.74, 6) is 0. The lowest BCUT2D eigenvalue weighted by atomic mass is 9.91. The van der Waals surface area contributed by atoms with Crippen molar-refractivity contribution in [3.63, 3.8) is 0 Å². The third-order valence-electron chi connectivity index (χ3n) is 3.53. The van der Waals surface area contributed by atoms with Gasteiger partial charge in [0.15, 0.2) is 0 Å². The summed E-state index contributed by atoms with van der Waals surface area (Å²) in [5.41, 5.74) is 1.23. The second-order valence-corrected chi connectivity index (χ2v) is 4.69. The summed E-state index contributed by atoms with van der Waals surface area (Å²) < 4.78 is 1.68. The maximum absolute atomic E-state index is 9.46. The Labute approximate surface area is 84.1 Å². The molecule has 0 radical (unpaired) electrons. The van der Waals surface area contributed by atoms with Crippen molar-refractivity contribution in [1.82, 2.24) is 9.78 Å². The Bertz CT molecular complexity index is 367. The van der Waals surface area contributed by atoms with E-state index >= 15 is 0 Å². The van der Waals surface area contributed by atoms with Gasteiger partial charge in [0.05, 0.1) is 12.8 Å². The molecule has 1 heterocycles. The number of aromatic nitrogens is 2. The lowest BCUT2D eigenvalue weighted by Crippen LogP contribution is -2.18. The Balaban J connectivity index is 2.35. The van der Waals surface area contributed by atoms with Gasteiger partial charge >= 0.3 is 0 Å². The first-order chi connectivity index (χ1) is 6.55. The minimum Gasteiger partial charge on any atom is -0.395 e. The van der Waals surface area contributed by atoms with Crippen LogP contribution in [-0.4, -0.2) is 21.5 Å². The number of nitrogens with zero attached hydrogens (tertiary/aromatic N) is 2. The van der Waals surface area contributed by atoms with Crippen molar-refractivity contribution in [1.29, 1.82) is 0 Å². The van der Waals surface area contributed by atoms with E-state index in [9.17, 15) is 5.11 Å². The van der Waals surface area contributed by atoms with Gasteiger partial charge in [-0.25, -0.2) is 4.68 Å². The zero-order valence-electron chi connectivity index (χ0n) is 8.70. The maximum Gasteiger partial charge on any atom is 0.0534 e. The van der Waals surface area contributed by atoms with E-state index < -0.39 is 0 Å². The summed E-state index contributed by atoms with van der Waals surface area (Å²) in [4.78, 5) is 0. The van der Waals surface area contributed by atoms with E-state index in [1.807, 2.05) is 12.4 Å². The molecule has 0 amide bonds. The molecule has 1 aliphatic carbocycles. The molecule has 76 valence electrons. The summed E-state index contributed by atoms with van der Waals surface area (Å²) in [6.45, 7) is 8.19. The molecule has 14 heavy (non-hydrogen) atoms. The van der Waals surface area contributed by atoms with Crippen LogP contribution in [-0.2, 0) is 5.41 Å². The molecule has 0 saturated heterocycles. The van der Waals surface area contributed by atoms with Crippen LogP contribution >= 0.6 is 0 Å². The highest BCUT2D eigenvalue weighted by Gasteiger charge is 2.62. The summed E-state index contributed by atoms with van der Waals surface area (Å²) in [6.07, 6.45) is 6.45. The zero-order chi connectivity index (χ0) is 10.4.